The molecule has 0 bridgehead atoms. The quantitative estimate of drug-likeness (QED) is 0.159. The van der Waals surface area contributed by atoms with Gasteiger partial charge in [0, 0.05) is 12.5 Å². The zero-order chi connectivity index (χ0) is 25.6. The van der Waals surface area contributed by atoms with Gasteiger partial charge in [0.2, 0.25) is 0 Å². The highest BCUT2D eigenvalue weighted by Crippen LogP contribution is 2.31. The predicted molar refractivity (Wildman–Crippen MR) is 156 cm³/mol. The van der Waals surface area contributed by atoms with Crippen molar-refractivity contribution in [3.8, 4) is 22.3 Å². The standard InChI is InChI=1S/C32H37N5/c33-16-3-1-8-29(35)28-7-5-6-22(20-28)23-10-11-25-19-26(13-12-24(25)18-23)27-14-15-30-31(21-27)37-32(36-30)9-2-4-17-34/h5-7,10-15,18-21,29H,1-4,8-9,16-17,33-35H2,(H,36,37). The Bertz CT molecular complexity index is 1490. The maximum Gasteiger partial charge on any atom is 0.107 e. The Morgan fingerprint density at radius 2 is 1.32 bits per heavy atom. The van der Waals surface area contributed by atoms with Gasteiger partial charge in [0.1, 0.15) is 5.82 Å². The van der Waals surface area contributed by atoms with Crippen LogP contribution in [0.25, 0.3) is 44.1 Å². The van der Waals surface area contributed by atoms with Crippen LogP contribution in [-0.4, -0.2) is 23.1 Å². The van der Waals surface area contributed by atoms with Gasteiger partial charge in [-0.2, -0.15) is 0 Å². The van der Waals surface area contributed by atoms with Gasteiger partial charge in [-0.25, -0.2) is 4.98 Å². The van der Waals surface area contributed by atoms with Crippen molar-refractivity contribution < 1.29 is 0 Å². The lowest BCUT2D eigenvalue weighted by Crippen LogP contribution is -2.11. The third kappa shape index (κ3) is 5.91. The van der Waals surface area contributed by atoms with E-state index in [1.165, 1.54) is 38.6 Å². The SMILES string of the molecule is NCCCCc1nc2ccc(-c3ccc4cc(-c5cccc(C(N)CCCCN)c5)ccc4c3)cc2[nH]1. The molecule has 0 radical (unpaired) electrons. The third-order valence-electron chi connectivity index (χ3n) is 7.19. The summed E-state index contributed by atoms with van der Waals surface area (Å²) in [6, 6.07) is 28.5. The van der Waals surface area contributed by atoms with Gasteiger partial charge in [0.25, 0.3) is 0 Å². The van der Waals surface area contributed by atoms with Crippen LogP contribution >= 0.6 is 0 Å². The lowest BCUT2D eigenvalue weighted by molar-refractivity contribution is 0.591. The Labute approximate surface area is 219 Å². The number of nitrogens with zero attached hydrogens (tertiary/aromatic N) is 1. The second-order valence-corrected chi connectivity index (χ2v) is 9.95. The fourth-order valence-electron chi connectivity index (χ4n) is 5.03. The molecule has 0 fully saturated rings. The molecule has 0 spiro atoms. The number of nitrogens with one attached hydrogen (secondary N) is 1. The van der Waals surface area contributed by atoms with Crippen LogP contribution in [0.3, 0.4) is 0 Å². The number of nitrogens with two attached hydrogens (primary N) is 3. The molecule has 1 aromatic heterocycles. The first kappa shape index (κ1) is 25.2. The number of H-pyrrole nitrogens is 1. The number of aromatic amines is 1. The van der Waals surface area contributed by atoms with E-state index < -0.39 is 0 Å². The van der Waals surface area contributed by atoms with Crippen LogP contribution in [0.1, 0.15) is 49.5 Å². The minimum Gasteiger partial charge on any atom is -0.342 e. The fraction of sp³-hybridized carbons (Fsp3) is 0.281. The lowest BCUT2D eigenvalue weighted by Gasteiger charge is -2.14. The van der Waals surface area contributed by atoms with Gasteiger partial charge in [-0.1, -0.05) is 55.0 Å². The van der Waals surface area contributed by atoms with Crippen LogP contribution in [-0.2, 0) is 6.42 Å². The van der Waals surface area contributed by atoms with Crippen LogP contribution in [0.2, 0.25) is 0 Å². The number of hydrogen-bond donors (Lipinski definition) is 4. The summed E-state index contributed by atoms with van der Waals surface area (Å²) in [4.78, 5) is 8.22. The van der Waals surface area contributed by atoms with Gasteiger partial charge in [-0.15, -0.1) is 0 Å². The molecule has 7 N–H and O–H groups in total. The van der Waals surface area contributed by atoms with Crippen LogP contribution in [0.5, 0.6) is 0 Å². The second kappa shape index (κ2) is 11.7. The Morgan fingerprint density at radius 3 is 2.05 bits per heavy atom. The summed E-state index contributed by atoms with van der Waals surface area (Å²) in [5.41, 5.74) is 25.8. The molecule has 5 rings (SSSR count). The summed E-state index contributed by atoms with van der Waals surface area (Å²) in [5.74, 6) is 1.03. The number of aromatic nitrogens is 2. The van der Waals surface area contributed by atoms with Crippen LogP contribution < -0.4 is 17.2 Å². The van der Waals surface area contributed by atoms with Crippen LogP contribution in [0, 0.1) is 0 Å². The Hall–Kier alpha value is -3.51. The fourth-order valence-corrected chi connectivity index (χ4v) is 5.03. The van der Waals surface area contributed by atoms with E-state index in [1.807, 2.05) is 0 Å². The highest BCUT2D eigenvalue weighted by molar-refractivity contribution is 5.92. The van der Waals surface area contributed by atoms with E-state index in [2.05, 4.69) is 83.8 Å². The highest BCUT2D eigenvalue weighted by Gasteiger charge is 2.09. The first-order valence-electron chi connectivity index (χ1n) is 13.4. The van der Waals surface area contributed by atoms with E-state index in [-0.39, 0.29) is 6.04 Å². The summed E-state index contributed by atoms with van der Waals surface area (Å²) in [7, 11) is 0. The molecule has 0 aliphatic rings. The highest BCUT2D eigenvalue weighted by atomic mass is 14.9. The van der Waals surface area contributed by atoms with Crippen molar-refractivity contribution in [2.75, 3.05) is 13.1 Å². The second-order valence-electron chi connectivity index (χ2n) is 9.95. The molecular weight excluding hydrogens is 454 g/mol. The largest absolute Gasteiger partial charge is 0.342 e. The van der Waals surface area contributed by atoms with Gasteiger partial charge in [-0.05, 0) is 108 Å². The van der Waals surface area contributed by atoms with Crippen molar-refractivity contribution in [2.45, 2.75) is 44.6 Å². The van der Waals surface area contributed by atoms with Crippen molar-refractivity contribution in [1.29, 1.82) is 0 Å². The summed E-state index contributed by atoms with van der Waals surface area (Å²) < 4.78 is 0. The van der Waals surface area contributed by atoms with E-state index in [0.29, 0.717) is 0 Å². The molecule has 0 saturated carbocycles. The number of hydrogen-bond acceptors (Lipinski definition) is 4. The van der Waals surface area contributed by atoms with Crippen LogP contribution in [0.15, 0.2) is 78.9 Å². The number of benzene rings is 4. The first-order chi connectivity index (χ1) is 18.1. The number of rotatable bonds is 11. The number of imidazole rings is 1. The summed E-state index contributed by atoms with van der Waals surface area (Å²) in [5, 5.41) is 2.45. The minimum atomic E-state index is 0.0451. The molecule has 37 heavy (non-hydrogen) atoms. The molecule has 0 aliphatic carbocycles. The van der Waals surface area contributed by atoms with E-state index >= 15 is 0 Å². The third-order valence-corrected chi connectivity index (χ3v) is 7.19. The molecule has 1 unspecified atom stereocenters. The van der Waals surface area contributed by atoms with Gasteiger partial charge in [0.15, 0.2) is 0 Å². The van der Waals surface area contributed by atoms with E-state index in [4.69, 9.17) is 22.2 Å². The Balaban J connectivity index is 1.37. The number of unbranched alkanes of at least 4 members (excludes halogenated alkanes) is 2. The van der Waals surface area contributed by atoms with E-state index in [9.17, 15) is 0 Å². The Kier molecular flexibility index (Phi) is 7.95. The lowest BCUT2D eigenvalue weighted by atomic mass is 9.95. The average Bonchev–Trinajstić information content (AvgIpc) is 3.35. The molecule has 190 valence electrons. The molecule has 0 aliphatic heterocycles. The molecule has 5 nitrogen and oxygen atoms in total. The van der Waals surface area contributed by atoms with Crippen molar-refractivity contribution in [2.24, 2.45) is 17.2 Å². The molecule has 1 atom stereocenters. The monoisotopic (exact) mass is 491 g/mol. The number of aryl methyl sites for hydroxylation is 1. The van der Waals surface area contributed by atoms with Gasteiger partial charge < -0.3 is 22.2 Å². The predicted octanol–water partition coefficient (Wildman–Crippen LogP) is 6.46. The van der Waals surface area contributed by atoms with Crippen molar-refractivity contribution in [3.63, 3.8) is 0 Å². The maximum absolute atomic E-state index is 6.46. The molecule has 1 heterocycles. The normalized spacial score (nSPS) is 12.4. The van der Waals surface area contributed by atoms with E-state index in [0.717, 1.165) is 68.5 Å². The Morgan fingerprint density at radius 1 is 0.676 bits per heavy atom. The topological polar surface area (TPSA) is 107 Å². The zero-order valence-corrected chi connectivity index (χ0v) is 21.4. The average molecular weight is 492 g/mol. The molecule has 0 saturated heterocycles. The molecular formula is C32H37N5. The van der Waals surface area contributed by atoms with Crippen molar-refractivity contribution in [1.82, 2.24) is 9.97 Å². The van der Waals surface area contributed by atoms with Crippen LogP contribution in [0.4, 0.5) is 0 Å². The van der Waals surface area contributed by atoms with Crippen molar-refractivity contribution >= 4 is 21.8 Å². The molecule has 5 heteroatoms. The van der Waals surface area contributed by atoms with Gasteiger partial charge >= 0.3 is 0 Å². The summed E-state index contributed by atoms with van der Waals surface area (Å²) >= 11 is 0. The first-order valence-corrected chi connectivity index (χ1v) is 13.4. The van der Waals surface area contributed by atoms with Crippen molar-refractivity contribution in [3.05, 3.63) is 90.3 Å². The molecule has 5 aromatic rings. The molecule has 0 amide bonds. The summed E-state index contributed by atoms with van der Waals surface area (Å²) in [6.07, 6.45) is 6.05. The van der Waals surface area contributed by atoms with Gasteiger partial charge in [0.05, 0.1) is 11.0 Å². The summed E-state index contributed by atoms with van der Waals surface area (Å²) in [6.45, 7) is 1.45. The smallest absolute Gasteiger partial charge is 0.107 e. The van der Waals surface area contributed by atoms with E-state index in [1.54, 1.807) is 0 Å². The molecule has 4 aromatic carbocycles. The number of fused-ring (bicyclic) bond motifs is 2. The minimum absolute atomic E-state index is 0.0451. The maximum atomic E-state index is 6.46. The van der Waals surface area contributed by atoms with Gasteiger partial charge in [-0.3, -0.25) is 0 Å². The zero-order valence-electron chi connectivity index (χ0n) is 21.4.